The van der Waals surface area contributed by atoms with E-state index in [1.807, 2.05) is 18.2 Å². The molecule has 0 fully saturated rings. The van der Waals surface area contributed by atoms with Gasteiger partial charge in [-0.2, -0.15) is 9.48 Å². The van der Waals surface area contributed by atoms with E-state index >= 15 is 0 Å². The van der Waals surface area contributed by atoms with E-state index < -0.39 is 5.97 Å². The quantitative estimate of drug-likeness (QED) is 0.201. The lowest BCUT2D eigenvalue weighted by Crippen LogP contribution is -3.00. The molecule has 0 N–H and O–H groups in total. The number of carbonyl (C=O) groups is 1. The van der Waals surface area contributed by atoms with E-state index in [2.05, 4.69) is 44.7 Å². The molecule has 1 aromatic carbocycles. The number of ether oxygens (including phenoxy) is 1. The van der Waals surface area contributed by atoms with Gasteiger partial charge < -0.3 is 17.1 Å². The maximum absolute atomic E-state index is 11.0. The van der Waals surface area contributed by atoms with Gasteiger partial charge in [-0.15, -0.1) is 0 Å². The van der Waals surface area contributed by atoms with E-state index in [0.29, 0.717) is 11.3 Å². The fourth-order valence-corrected chi connectivity index (χ4v) is 2.09. The highest BCUT2D eigenvalue weighted by Crippen LogP contribution is 2.10. The number of rotatable bonds is 10. The van der Waals surface area contributed by atoms with Crippen LogP contribution in [-0.2, 0) is 14.4 Å². The summed E-state index contributed by atoms with van der Waals surface area (Å²) in [7, 11) is 0. The van der Waals surface area contributed by atoms with Gasteiger partial charge in [-0.25, -0.2) is 4.79 Å². The lowest BCUT2D eigenvalue weighted by Gasteiger charge is -2.32. The van der Waals surface area contributed by atoms with Crippen LogP contribution in [0.4, 0.5) is 0 Å². The minimum absolute atomic E-state index is 0. The summed E-state index contributed by atoms with van der Waals surface area (Å²) >= 11 is 0. The maximum Gasteiger partial charge on any atom is 0.330 e. The summed E-state index contributed by atoms with van der Waals surface area (Å²) in [5.41, 5.74) is 1.17. The van der Waals surface area contributed by atoms with E-state index in [0.717, 1.165) is 25.7 Å². The Morgan fingerprint density at radius 1 is 1.17 bits per heavy atom. The third-order valence-electron chi connectivity index (χ3n) is 3.56. The van der Waals surface area contributed by atoms with Crippen LogP contribution in [0.2, 0.25) is 0 Å². The van der Waals surface area contributed by atoms with Gasteiger partial charge in [-0.05, 0) is 25.5 Å². The highest BCUT2D eigenvalue weighted by molar-refractivity contribution is 5.81. The molecule has 1 aromatic rings. The van der Waals surface area contributed by atoms with Crippen molar-refractivity contribution in [2.75, 3.05) is 32.8 Å². The first-order chi connectivity index (χ1) is 10.7. The smallest absolute Gasteiger partial charge is 0.330 e. The van der Waals surface area contributed by atoms with Gasteiger partial charge in [0.25, 0.3) is 0 Å². The van der Waals surface area contributed by atoms with Gasteiger partial charge >= 0.3 is 5.97 Å². The molecule has 0 unspecified atom stereocenters. The van der Waals surface area contributed by atoms with Crippen LogP contribution in [0.15, 0.2) is 49.1 Å². The SMILES string of the molecule is C=CC(=O)OCCO[N+](CC)(CC)CC=Cc1ccccc1.[Cl-]. The van der Waals surface area contributed by atoms with Gasteiger partial charge in [0.05, 0.1) is 0 Å². The highest BCUT2D eigenvalue weighted by Gasteiger charge is 2.23. The Morgan fingerprint density at radius 3 is 2.39 bits per heavy atom. The largest absolute Gasteiger partial charge is 1.00 e. The van der Waals surface area contributed by atoms with Crippen LogP contribution < -0.4 is 12.4 Å². The molecular formula is C18H26ClNO3. The van der Waals surface area contributed by atoms with Crippen molar-refractivity contribution in [2.45, 2.75) is 13.8 Å². The lowest BCUT2D eigenvalue weighted by molar-refractivity contribution is -1.10. The molecule has 0 bridgehead atoms. The van der Waals surface area contributed by atoms with Crippen LogP contribution in [-0.4, -0.2) is 43.5 Å². The average molecular weight is 340 g/mol. The van der Waals surface area contributed by atoms with Crippen LogP contribution in [0.25, 0.3) is 6.08 Å². The summed E-state index contributed by atoms with van der Waals surface area (Å²) in [5.74, 6) is -0.418. The van der Waals surface area contributed by atoms with Crippen molar-refractivity contribution in [3.8, 4) is 0 Å². The van der Waals surface area contributed by atoms with Gasteiger partial charge in [0, 0.05) is 6.08 Å². The van der Waals surface area contributed by atoms with Crippen molar-refractivity contribution < 1.29 is 31.4 Å². The Kier molecular flexibility index (Phi) is 11.0. The number of hydrogen-bond donors (Lipinski definition) is 0. The zero-order chi connectivity index (χ0) is 16.3. The number of nitrogens with zero attached hydrogens (tertiary/aromatic N) is 1. The Hall–Kier alpha value is -1.62. The minimum Gasteiger partial charge on any atom is -1.00 e. The van der Waals surface area contributed by atoms with Gasteiger partial charge in [0.15, 0.2) is 0 Å². The summed E-state index contributed by atoms with van der Waals surface area (Å²) in [6, 6.07) is 10.2. The summed E-state index contributed by atoms with van der Waals surface area (Å²) < 4.78 is 5.45. The molecule has 0 heterocycles. The Labute approximate surface area is 145 Å². The fraction of sp³-hybridized carbons (Fsp3) is 0.389. The van der Waals surface area contributed by atoms with Crippen molar-refractivity contribution in [2.24, 2.45) is 0 Å². The molecule has 0 spiro atoms. The first kappa shape index (κ1) is 21.4. The molecule has 0 radical (unpaired) electrons. The van der Waals surface area contributed by atoms with Crippen LogP contribution in [0, 0.1) is 0 Å². The third-order valence-corrected chi connectivity index (χ3v) is 3.56. The molecule has 1 rings (SSSR count). The second-order valence-electron chi connectivity index (χ2n) is 4.89. The van der Waals surface area contributed by atoms with E-state index in [1.54, 1.807) is 0 Å². The fourth-order valence-electron chi connectivity index (χ4n) is 2.09. The molecule has 23 heavy (non-hydrogen) atoms. The molecule has 0 aliphatic carbocycles. The number of esters is 1. The Bertz CT molecular complexity index is 484. The topological polar surface area (TPSA) is 35.5 Å². The molecule has 0 aromatic heterocycles. The molecule has 128 valence electrons. The van der Waals surface area contributed by atoms with Gasteiger partial charge in [-0.1, -0.05) is 43.0 Å². The van der Waals surface area contributed by atoms with Crippen molar-refractivity contribution in [3.05, 3.63) is 54.6 Å². The van der Waals surface area contributed by atoms with Gasteiger partial charge in [0.2, 0.25) is 0 Å². The van der Waals surface area contributed by atoms with Crippen LogP contribution in [0.1, 0.15) is 19.4 Å². The third kappa shape index (κ3) is 7.98. The zero-order valence-corrected chi connectivity index (χ0v) is 14.7. The Balaban J connectivity index is 0.00000484. The molecule has 0 aliphatic heterocycles. The number of carbonyl (C=O) groups excluding carboxylic acids is 1. The number of hydroxylamine groups is 3. The average Bonchev–Trinajstić information content (AvgIpc) is 2.58. The highest BCUT2D eigenvalue weighted by atomic mass is 35.5. The second kappa shape index (κ2) is 11.9. The first-order valence-electron chi connectivity index (χ1n) is 7.67. The molecule has 4 nitrogen and oxygen atoms in total. The van der Waals surface area contributed by atoms with Crippen molar-refractivity contribution in [3.63, 3.8) is 0 Å². The number of quaternary nitrogens is 1. The molecular weight excluding hydrogens is 314 g/mol. The predicted octanol–water partition coefficient (Wildman–Crippen LogP) is 0.221. The number of likely N-dealkylation sites (N-methyl/N-ethyl adjacent to an activating group) is 1. The summed E-state index contributed by atoms with van der Waals surface area (Å²) in [5, 5.41) is 0. The van der Waals surface area contributed by atoms with Crippen LogP contribution >= 0.6 is 0 Å². The molecule has 0 amide bonds. The zero-order valence-electron chi connectivity index (χ0n) is 13.9. The summed E-state index contributed by atoms with van der Waals surface area (Å²) in [6.07, 6.45) is 5.38. The number of hydrogen-bond acceptors (Lipinski definition) is 3. The summed E-state index contributed by atoms with van der Waals surface area (Å²) in [4.78, 5) is 16.9. The van der Waals surface area contributed by atoms with Gasteiger partial charge in [-0.3, -0.25) is 0 Å². The van der Waals surface area contributed by atoms with Crippen LogP contribution in [0.5, 0.6) is 0 Å². The van der Waals surface area contributed by atoms with E-state index in [4.69, 9.17) is 9.57 Å². The first-order valence-corrected chi connectivity index (χ1v) is 7.67. The molecule has 5 heteroatoms. The maximum atomic E-state index is 11.0. The van der Waals surface area contributed by atoms with Crippen molar-refractivity contribution >= 4 is 12.0 Å². The molecule has 0 aliphatic rings. The normalized spacial score (nSPS) is 11.0. The monoisotopic (exact) mass is 339 g/mol. The predicted molar refractivity (Wildman–Crippen MR) is 88.8 cm³/mol. The van der Waals surface area contributed by atoms with E-state index in [1.165, 1.54) is 5.56 Å². The molecule has 0 saturated carbocycles. The minimum atomic E-state index is -0.418. The summed E-state index contributed by atoms with van der Waals surface area (Å²) in [6.45, 7) is 10.6. The molecule has 0 saturated heterocycles. The van der Waals surface area contributed by atoms with Gasteiger partial charge in [0.1, 0.15) is 32.8 Å². The molecule has 0 atom stereocenters. The van der Waals surface area contributed by atoms with E-state index in [9.17, 15) is 4.79 Å². The van der Waals surface area contributed by atoms with E-state index in [-0.39, 0.29) is 19.0 Å². The van der Waals surface area contributed by atoms with Crippen LogP contribution in [0.3, 0.4) is 0 Å². The second-order valence-corrected chi connectivity index (χ2v) is 4.89. The Morgan fingerprint density at radius 2 is 1.83 bits per heavy atom. The number of benzene rings is 1. The van der Waals surface area contributed by atoms with Crippen molar-refractivity contribution in [1.82, 2.24) is 0 Å². The standard InChI is InChI=1S/C18H26NO3.ClH/c1-4-18(20)21-15-16-22-19(5-2,6-3)14-10-13-17-11-8-7-9-12-17;/h4,7-13H,1,5-6,14-16H2,2-3H3;1H/q+1;/p-1. The van der Waals surface area contributed by atoms with Crippen molar-refractivity contribution in [1.29, 1.82) is 0 Å². The lowest BCUT2D eigenvalue weighted by atomic mass is 10.2. The number of halogens is 1.